The Morgan fingerprint density at radius 2 is 2.04 bits per heavy atom. The van der Waals surface area contributed by atoms with Crippen LogP contribution in [0.3, 0.4) is 0 Å². The monoisotopic (exact) mass is 384 g/mol. The van der Waals surface area contributed by atoms with Gasteiger partial charge in [0.25, 0.3) is 0 Å². The molecule has 3 amide bonds. The largest absolute Gasteiger partial charge is 0.474 e. The van der Waals surface area contributed by atoms with Gasteiger partial charge in [-0.3, -0.25) is 10.1 Å². The molecule has 144 valence electrons. The summed E-state index contributed by atoms with van der Waals surface area (Å²) in [7, 11) is -2.22. The molecular weight excluding hydrogens is 360 g/mol. The molecular formula is C16H24N4O5S. The van der Waals surface area contributed by atoms with Gasteiger partial charge in [-0.15, -0.1) is 0 Å². The number of carbonyl (C=O) groups excluding carboxylic acids is 2. The number of hydrogen-bond acceptors (Lipinski definition) is 6. The van der Waals surface area contributed by atoms with E-state index in [9.17, 15) is 18.0 Å². The van der Waals surface area contributed by atoms with Crippen LogP contribution in [0.5, 0.6) is 5.88 Å². The van der Waals surface area contributed by atoms with Crippen LogP contribution in [-0.4, -0.2) is 61.6 Å². The van der Waals surface area contributed by atoms with Gasteiger partial charge in [0, 0.05) is 32.4 Å². The van der Waals surface area contributed by atoms with Gasteiger partial charge < -0.3 is 10.1 Å². The number of sulfonamides is 1. The first kappa shape index (κ1) is 20.1. The molecule has 0 aromatic carbocycles. The quantitative estimate of drug-likeness (QED) is 0.731. The molecule has 2 N–H and O–H groups in total. The van der Waals surface area contributed by atoms with Crippen molar-refractivity contribution in [2.24, 2.45) is 5.92 Å². The van der Waals surface area contributed by atoms with Crippen molar-refractivity contribution in [1.82, 2.24) is 19.9 Å². The number of ether oxygens (including phenoxy) is 1. The smallest absolute Gasteiger partial charge is 0.321 e. The second-order valence-corrected chi connectivity index (χ2v) is 8.15. The number of urea groups is 1. The molecule has 9 nitrogen and oxygen atoms in total. The van der Waals surface area contributed by atoms with Crippen LogP contribution in [-0.2, 0) is 14.8 Å². The van der Waals surface area contributed by atoms with Gasteiger partial charge in [0.05, 0.1) is 11.7 Å². The maximum Gasteiger partial charge on any atom is 0.321 e. The second kappa shape index (κ2) is 8.95. The minimum Gasteiger partial charge on any atom is -0.474 e. The van der Waals surface area contributed by atoms with Crippen molar-refractivity contribution in [3.8, 4) is 5.88 Å². The van der Waals surface area contributed by atoms with E-state index in [1.165, 1.54) is 18.3 Å². The zero-order chi connectivity index (χ0) is 19.2. The van der Waals surface area contributed by atoms with E-state index in [1.54, 1.807) is 18.3 Å². The standard InChI is InChI=1S/C16H24N4O5S/c1-12(15(21)19-16(22)17-2)11-26(23,24)20-9-6-13(7-10-20)25-14-5-3-4-8-18-14/h3-5,8,12-13H,6-7,9-11H2,1-2H3,(H2,17,19,21,22)/t12-/m0/s1. The summed E-state index contributed by atoms with van der Waals surface area (Å²) < 4.78 is 32.1. The molecule has 1 aromatic rings. The number of piperidine rings is 1. The average molecular weight is 384 g/mol. The number of rotatable bonds is 6. The van der Waals surface area contributed by atoms with E-state index in [2.05, 4.69) is 15.6 Å². The number of carbonyl (C=O) groups is 2. The Kier molecular flexibility index (Phi) is 6.92. The molecule has 0 radical (unpaired) electrons. The zero-order valence-corrected chi connectivity index (χ0v) is 15.7. The number of amides is 3. The van der Waals surface area contributed by atoms with Gasteiger partial charge in [-0.2, -0.15) is 0 Å². The van der Waals surface area contributed by atoms with Gasteiger partial charge in [0.2, 0.25) is 21.8 Å². The minimum atomic E-state index is -3.60. The topological polar surface area (TPSA) is 118 Å². The number of pyridine rings is 1. The summed E-state index contributed by atoms with van der Waals surface area (Å²) in [6, 6.07) is 4.72. The highest BCUT2D eigenvalue weighted by atomic mass is 32.2. The molecule has 1 fully saturated rings. The highest BCUT2D eigenvalue weighted by Crippen LogP contribution is 2.20. The van der Waals surface area contributed by atoms with Gasteiger partial charge >= 0.3 is 6.03 Å². The Bertz CT molecular complexity index is 717. The van der Waals surface area contributed by atoms with Crippen molar-refractivity contribution in [1.29, 1.82) is 0 Å². The van der Waals surface area contributed by atoms with E-state index in [0.717, 1.165) is 0 Å². The Morgan fingerprint density at radius 1 is 1.35 bits per heavy atom. The fourth-order valence-corrected chi connectivity index (χ4v) is 4.37. The predicted octanol–water partition coefficient (Wildman–Crippen LogP) is 0.346. The fraction of sp³-hybridized carbons (Fsp3) is 0.562. The first-order valence-electron chi connectivity index (χ1n) is 8.40. The summed E-state index contributed by atoms with van der Waals surface area (Å²) in [6.45, 7) is 2.12. The van der Waals surface area contributed by atoms with E-state index < -0.39 is 27.9 Å². The van der Waals surface area contributed by atoms with E-state index in [-0.39, 0.29) is 11.9 Å². The van der Waals surface area contributed by atoms with Crippen molar-refractivity contribution < 1.29 is 22.7 Å². The summed E-state index contributed by atoms with van der Waals surface area (Å²) in [4.78, 5) is 27.1. The maximum absolute atomic E-state index is 12.5. The van der Waals surface area contributed by atoms with Crippen LogP contribution in [0, 0.1) is 5.92 Å². The summed E-state index contributed by atoms with van der Waals surface area (Å²) in [6.07, 6.45) is 2.65. The lowest BCUT2D eigenvalue weighted by Gasteiger charge is -2.31. The Hall–Kier alpha value is -2.20. The highest BCUT2D eigenvalue weighted by molar-refractivity contribution is 7.89. The summed E-state index contributed by atoms with van der Waals surface area (Å²) >= 11 is 0. The van der Waals surface area contributed by atoms with E-state index in [1.807, 2.05) is 6.07 Å². The lowest BCUT2D eigenvalue weighted by atomic mass is 10.1. The molecule has 0 saturated carbocycles. The molecule has 2 heterocycles. The molecule has 1 aliphatic heterocycles. The van der Waals surface area contributed by atoms with Crippen LogP contribution in [0.1, 0.15) is 19.8 Å². The van der Waals surface area contributed by atoms with Gasteiger partial charge in [0.1, 0.15) is 6.10 Å². The van der Waals surface area contributed by atoms with E-state index in [0.29, 0.717) is 31.8 Å². The molecule has 1 saturated heterocycles. The molecule has 26 heavy (non-hydrogen) atoms. The van der Waals surface area contributed by atoms with Crippen molar-refractivity contribution >= 4 is 22.0 Å². The number of imide groups is 1. The van der Waals surface area contributed by atoms with Crippen LogP contribution in [0.15, 0.2) is 24.4 Å². The Morgan fingerprint density at radius 3 is 2.62 bits per heavy atom. The first-order chi connectivity index (χ1) is 12.3. The lowest BCUT2D eigenvalue weighted by Crippen LogP contribution is -2.46. The summed E-state index contributed by atoms with van der Waals surface area (Å²) in [5.74, 6) is -1.28. The molecule has 0 bridgehead atoms. The highest BCUT2D eigenvalue weighted by Gasteiger charge is 2.32. The number of nitrogens with one attached hydrogen (secondary N) is 2. The Balaban J connectivity index is 1.85. The normalized spacial score (nSPS) is 17.3. The van der Waals surface area contributed by atoms with Crippen LogP contribution >= 0.6 is 0 Å². The fourth-order valence-electron chi connectivity index (χ4n) is 2.61. The second-order valence-electron chi connectivity index (χ2n) is 6.13. The van der Waals surface area contributed by atoms with E-state index >= 15 is 0 Å². The van der Waals surface area contributed by atoms with Crippen LogP contribution in [0.25, 0.3) is 0 Å². The molecule has 1 aromatic heterocycles. The minimum absolute atomic E-state index is 0.0923. The third kappa shape index (κ3) is 5.67. The van der Waals surface area contributed by atoms with Gasteiger partial charge in [0.15, 0.2) is 0 Å². The van der Waals surface area contributed by atoms with Gasteiger partial charge in [-0.1, -0.05) is 13.0 Å². The van der Waals surface area contributed by atoms with Crippen molar-refractivity contribution in [3.63, 3.8) is 0 Å². The van der Waals surface area contributed by atoms with Crippen LogP contribution in [0.4, 0.5) is 4.79 Å². The van der Waals surface area contributed by atoms with Crippen LogP contribution in [0.2, 0.25) is 0 Å². The van der Waals surface area contributed by atoms with Gasteiger partial charge in [-0.25, -0.2) is 22.5 Å². The van der Waals surface area contributed by atoms with E-state index in [4.69, 9.17) is 4.74 Å². The molecule has 1 aliphatic rings. The third-order valence-electron chi connectivity index (χ3n) is 4.09. The van der Waals surface area contributed by atoms with Crippen molar-refractivity contribution in [3.05, 3.63) is 24.4 Å². The number of nitrogens with zero attached hydrogens (tertiary/aromatic N) is 2. The number of hydrogen-bond donors (Lipinski definition) is 2. The molecule has 1 atom stereocenters. The zero-order valence-electron chi connectivity index (χ0n) is 14.8. The SMILES string of the molecule is CNC(=O)NC(=O)[C@@H](C)CS(=O)(=O)N1CCC(Oc2ccccn2)CC1. The molecule has 0 unspecified atom stereocenters. The summed E-state index contributed by atoms with van der Waals surface area (Å²) in [5, 5.41) is 4.34. The average Bonchev–Trinajstić information content (AvgIpc) is 2.62. The van der Waals surface area contributed by atoms with Gasteiger partial charge in [-0.05, 0) is 18.9 Å². The predicted molar refractivity (Wildman–Crippen MR) is 95.0 cm³/mol. The molecule has 0 aliphatic carbocycles. The molecule has 0 spiro atoms. The summed E-state index contributed by atoms with van der Waals surface area (Å²) in [5.41, 5.74) is 0. The molecule has 10 heteroatoms. The first-order valence-corrected chi connectivity index (χ1v) is 10.0. The van der Waals surface area contributed by atoms with Crippen molar-refractivity contribution in [2.45, 2.75) is 25.9 Å². The number of aromatic nitrogens is 1. The maximum atomic E-state index is 12.5. The third-order valence-corrected chi connectivity index (χ3v) is 6.16. The van der Waals surface area contributed by atoms with Crippen LogP contribution < -0.4 is 15.4 Å². The Labute approximate surface area is 153 Å². The lowest BCUT2D eigenvalue weighted by molar-refractivity contribution is -0.122. The molecule has 2 rings (SSSR count). The van der Waals surface area contributed by atoms with Crippen molar-refractivity contribution in [2.75, 3.05) is 25.9 Å².